The number of ether oxygens (including phenoxy) is 1. The average Bonchev–Trinajstić information content (AvgIpc) is 2.84. The van der Waals surface area contributed by atoms with Crippen LogP contribution in [0.15, 0.2) is 10.6 Å². The number of hydrogen-bond donors (Lipinski definition) is 1. The quantitative estimate of drug-likeness (QED) is 0.933. The lowest BCUT2D eigenvalue weighted by Crippen LogP contribution is -2.21. The molecular formula is C13H19N3O2S. The number of nitrogens with zero attached hydrogens (tertiary/aromatic N) is 2. The van der Waals surface area contributed by atoms with E-state index >= 15 is 0 Å². The molecule has 0 amide bonds. The Morgan fingerprint density at radius 2 is 2.11 bits per heavy atom. The highest BCUT2D eigenvalue weighted by atomic mass is 32.1. The molecule has 0 aromatic carbocycles. The molecule has 2 heterocycles. The van der Waals surface area contributed by atoms with Crippen LogP contribution in [0.3, 0.4) is 0 Å². The fourth-order valence-electron chi connectivity index (χ4n) is 2.00. The Hall–Kier alpha value is -1.40. The molecule has 1 unspecified atom stereocenters. The molecule has 0 aliphatic rings. The zero-order valence-electron chi connectivity index (χ0n) is 11.9. The second kappa shape index (κ2) is 4.94. The van der Waals surface area contributed by atoms with Gasteiger partial charge in [-0.05, 0) is 24.0 Å². The van der Waals surface area contributed by atoms with Crippen molar-refractivity contribution in [2.45, 2.75) is 33.8 Å². The van der Waals surface area contributed by atoms with Crippen LogP contribution in [0.25, 0.3) is 10.8 Å². The summed E-state index contributed by atoms with van der Waals surface area (Å²) in [7, 11) is 1.65. The van der Waals surface area contributed by atoms with Crippen LogP contribution in [0.4, 0.5) is 5.00 Å². The Morgan fingerprint density at radius 3 is 2.58 bits per heavy atom. The molecule has 2 rings (SSSR count). The fourth-order valence-corrected chi connectivity index (χ4v) is 2.86. The maximum Gasteiger partial charge on any atom is 0.268 e. The average molecular weight is 281 g/mol. The van der Waals surface area contributed by atoms with Crippen molar-refractivity contribution in [3.8, 4) is 10.8 Å². The summed E-state index contributed by atoms with van der Waals surface area (Å²) < 4.78 is 10.8. The van der Waals surface area contributed by atoms with Gasteiger partial charge in [0.15, 0.2) is 0 Å². The van der Waals surface area contributed by atoms with Crippen molar-refractivity contribution in [2.24, 2.45) is 5.41 Å². The summed E-state index contributed by atoms with van der Waals surface area (Å²) >= 11 is 1.45. The van der Waals surface area contributed by atoms with Crippen LogP contribution in [0, 0.1) is 12.3 Å². The molecule has 0 fully saturated rings. The highest BCUT2D eigenvalue weighted by Crippen LogP contribution is 2.37. The summed E-state index contributed by atoms with van der Waals surface area (Å²) in [6.45, 7) is 8.20. The maximum atomic E-state index is 5.78. The van der Waals surface area contributed by atoms with Gasteiger partial charge in [-0.15, -0.1) is 11.3 Å². The van der Waals surface area contributed by atoms with Crippen molar-refractivity contribution in [2.75, 3.05) is 12.8 Å². The third kappa shape index (κ3) is 2.79. The second-order valence-electron chi connectivity index (χ2n) is 5.60. The molecule has 19 heavy (non-hydrogen) atoms. The predicted molar refractivity (Wildman–Crippen MR) is 76.0 cm³/mol. The van der Waals surface area contributed by atoms with Gasteiger partial charge in [0, 0.05) is 7.11 Å². The Bertz CT molecular complexity index is 569. The van der Waals surface area contributed by atoms with Crippen LogP contribution in [0.5, 0.6) is 0 Å². The van der Waals surface area contributed by atoms with E-state index < -0.39 is 0 Å². The van der Waals surface area contributed by atoms with Gasteiger partial charge in [-0.2, -0.15) is 4.98 Å². The van der Waals surface area contributed by atoms with Crippen LogP contribution in [-0.2, 0) is 4.74 Å². The third-order valence-electron chi connectivity index (χ3n) is 2.83. The Balaban J connectivity index is 2.36. The van der Waals surface area contributed by atoms with Crippen LogP contribution in [0.1, 0.15) is 38.3 Å². The van der Waals surface area contributed by atoms with E-state index in [1.807, 2.05) is 13.0 Å². The molecule has 0 spiro atoms. The van der Waals surface area contributed by atoms with Gasteiger partial charge in [0.05, 0.1) is 9.88 Å². The number of aromatic nitrogens is 2. The lowest BCUT2D eigenvalue weighted by molar-refractivity contribution is 0.00718. The lowest BCUT2D eigenvalue weighted by atomic mass is 9.88. The Kier molecular flexibility index (Phi) is 3.64. The summed E-state index contributed by atoms with van der Waals surface area (Å²) in [5.74, 6) is 1.07. The zero-order chi connectivity index (χ0) is 14.2. The molecular weight excluding hydrogens is 262 g/mol. The molecule has 0 aliphatic heterocycles. The van der Waals surface area contributed by atoms with Gasteiger partial charge in [0.2, 0.25) is 5.82 Å². The molecule has 0 bridgehead atoms. The number of nitrogens with two attached hydrogens (primary N) is 1. The number of methoxy groups -OCH3 is 1. The maximum absolute atomic E-state index is 5.78. The number of aryl methyl sites for hydroxylation is 1. The number of anilines is 1. The number of rotatable bonds is 3. The Labute approximate surface area is 116 Å². The van der Waals surface area contributed by atoms with Crippen LogP contribution in [-0.4, -0.2) is 17.3 Å². The van der Waals surface area contributed by atoms with Gasteiger partial charge in [0.1, 0.15) is 6.10 Å². The van der Waals surface area contributed by atoms with E-state index in [9.17, 15) is 0 Å². The topological polar surface area (TPSA) is 74.2 Å². The molecule has 104 valence electrons. The highest BCUT2D eigenvalue weighted by Gasteiger charge is 2.31. The standard InChI is InChI=1S/C13H19N3O2S/c1-7-6-8(14)19-9(7)12-15-11(16-18-12)10(17-5)13(2,3)4/h6,10H,14H2,1-5H3. The van der Waals surface area contributed by atoms with Crippen molar-refractivity contribution in [1.29, 1.82) is 0 Å². The number of hydrogen-bond acceptors (Lipinski definition) is 6. The summed E-state index contributed by atoms with van der Waals surface area (Å²) in [5.41, 5.74) is 6.73. The van der Waals surface area contributed by atoms with Crippen molar-refractivity contribution in [3.05, 3.63) is 17.5 Å². The van der Waals surface area contributed by atoms with Gasteiger partial charge >= 0.3 is 0 Å². The summed E-state index contributed by atoms with van der Waals surface area (Å²) in [5, 5.41) is 4.78. The molecule has 5 nitrogen and oxygen atoms in total. The smallest absolute Gasteiger partial charge is 0.268 e. The first-order valence-corrected chi connectivity index (χ1v) is 6.87. The fraction of sp³-hybridized carbons (Fsp3) is 0.538. The summed E-state index contributed by atoms with van der Waals surface area (Å²) in [6, 6.07) is 1.90. The van der Waals surface area contributed by atoms with E-state index in [0.717, 1.165) is 15.4 Å². The molecule has 2 aromatic rings. The minimum absolute atomic E-state index is 0.0978. The monoisotopic (exact) mass is 281 g/mol. The van der Waals surface area contributed by atoms with Crippen molar-refractivity contribution >= 4 is 16.3 Å². The van der Waals surface area contributed by atoms with Crippen LogP contribution >= 0.6 is 11.3 Å². The summed E-state index contributed by atoms with van der Waals surface area (Å²) in [6.07, 6.45) is -0.206. The van der Waals surface area contributed by atoms with E-state index in [4.69, 9.17) is 15.0 Å². The molecule has 0 saturated carbocycles. The van der Waals surface area contributed by atoms with Crippen molar-refractivity contribution < 1.29 is 9.26 Å². The van der Waals surface area contributed by atoms with E-state index in [2.05, 4.69) is 30.9 Å². The van der Waals surface area contributed by atoms with E-state index in [-0.39, 0.29) is 11.5 Å². The van der Waals surface area contributed by atoms with Gasteiger partial charge in [-0.1, -0.05) is 25.9 Å². The molecule has 0 aliphatic carbocycles. The SMILES string of the molecule is COC(c1noc(-c2sc(N)cc2C)n1)C(C)(C)C. The molecule has 2 aromatic heterocycles. The van der Waals surface area contributed by atoms with E-state index in [1.165, 1.54) is 11.3 Å². The van der Waals surface area contributed by atoms with Gasteiger partial charge in [-0.25, -0.2) is 0 Å². The Morgan fingerprint density at radius 1 is 1.42 bits per heavy atom. The van der Waals surface area contributed by atoms with Gasteiger partial charge in [-0.3, -0.25) is 0 Å². The lowest BCUT2D eigenvalue weighted by Gasteiger charge is -2.26. The minimum atomic E-state index is -0.206. The first-order valence-electron chi connectivity index (χ1n) is 6.05. The van der Waals surface area contributed by atoms with Crippen molar-refractivity contribution in [1.82, 2.24) is 10.1 Å². The number of thiophene rings is 1. The largest absolute Gasteiger partial charge is 0.391 e. The second-order valence-corrected chi connectivity index (χ2v) is 6.68. The first kappa shape index (κ1) is 14.0. The molecule has 6 heteroatoms. The molecule has 1 atom stereocenters. The van der Waals surface area contributed by atoms with Crippen molar-refractivity contribution in [3.63, 3.8) is 0 Å². The summed E-state index contributed by atoms with van der Waals surface area (Å²) in [4.78, 5) is 5.36. The normalized spacial score (nSPS) is 13.7. The first-order chi connectivity index (χ1) is 8.82. The minimum Gasteiger partial charge on any atom is -0.391 e. The van der Waals surface area contributed by atoms with Gasteiger partial charge < -0.3 is 15.0 Å². The van der Waals surface area contributed by atoms with Crippen LogP contribution in [0.2, 0.25) is 0 Å². The molecule has 0 saturated heterocycles. The number of nitrogen functional groups attached to an aromatic ring is 1. The van der Waals surface area contributed by atoms with E-state index in [1.54, 1.807) is 7.11 Å². The third-order valence-corrected chi connectivity index (χ3v) is 3.88. The zero-order valence-corrected chi connectivity index (χ0v) is 12.7. The molecule has 0 radical (unpaired) electrons. The highest BCUT2D eigenvalue weighted by molar-refractivity contribution is 7.19. The van der Waals surface area contributed by atoms with E-state index in [0.29, 0.717) is 11.7 Å². The van der Waals surface area contributed by atoms with Gasteiger partial charge in [0.25, 0.3) is 5.89 Å². The van der Waals surface area contributed by atoms with Crippen LogP contribution < -0.4 is 5.73 Å². The molecule has 2 N–H and O–H groups in total. The predicted octanol–water partition coefficient (Wildman–Crippen LogP) is 3.42.